The first kappa shape index (κ1) is 20.7. The fourth-order valence-electron chi connectivity index (χ4n) is 1.91. The Morgan fingerprint density at radius 2 is 1.65 bits per heavy atom. The lowest BCUT2D eigenvalue weighted by molar-refractivity contribution is 0.0474. The average Bonchev–Trinajstić information content (AvgIpc) is 2.61. The van der Waals surface area contributed by atoms with E-state index in [1.165, 1.54) is 37.4 Å². The highest BCUT2D eigenvalue weighted by Crippen LogP contribution is 2.24. The van der Waals surface area contributed by atoms with Crippen molar-refractivity contribution in [3.8, 4) is 0 Å². The standard InChI is InChI=1S/C16H12Cl3NO5S/c1-20-26(23,24)10-3-5-12(17)11(7-10)16(22)25-8-15(21)9-2-4-13(18)14(19)6-9/h2-7,20H,8H2,1H3. The number of hydrogen-bond acceptors (Lipinski definition) is 5. The SMILES string of the molecule is CNS(=O)(=O)c1ccc(Cl)c(C(=O)OCC(=O)c2ccc(Cl)c(Cl)c2)c1. The van der Waals surface area contributed by atoms with Gasteiger partial charge in [0.25, 0.3) is 0 Å². The molecule has 0 atom stereocenters. The van der Waals surface area contributed by atoms with Crippen LogP contribution in [0, 0.1) is 0 Å². The van der Waals surface area contributed by atoms with E-state index >= 15 is 0 Å². The second-order valence-corrected chi connectivity index (χ2v) is 8.09. The number of nitrogens with one attached hydrogen (secondary N) is 1. The monoisotopic (exact) mass is 435 g/mol. The molecule has 0 heterocycles. The van der Waals surface area contributed by atoms with E-state index in [1.807, 2.05) is 0 Å². The minimum absolute atomic E-state index is 0.00737. The van der Waals surface area contributed by atoms with Crippen molar-refractivity contribution < 1.29 is 22.7 Å². The molecule has 0 radical (unpaired) electrons. The Kier molecular flexibility index (Phi) is 6.65. The Hall–Kier alpha value is -1.64. The second kappa shape index (κ2) is 8.37. The van der Waals surface area contributed by atoms with Crippen LogP contribution in [0.2, 0.25) is 15.1 Å². The van der Waals surface area contributed by atoms with Crippen molar-refractivity contribution in [2.75, 3.05) is 13.7 Å². The lowest BCUT2D eigenvalue weighted by Crippen LogP contribution is -2.20. The van der Waals surface area contributed by atoms with E-state index < -0.39 is 28.4 Å². The zero-order valence-corrected chi connectivity index (χ0v) is 16.3. The molecule has 0 fully saturated rings. The third kappa shape index (κ3) is 4.75. The van der Waals surface area contributed by atoms with Crippen molar-refractivity contribution in [2.24, 2.45) is 0 Å². The van der Waals surface area contributed by atoms with Crippen molar-refractivity contribution in [1.29, 1.82) is 0 Å². The van der Waals surface area contributed by atoms with Gasteiger partial charge in [-0.15, -0.1) is 0 Å². The number of carbonyl (C=O) groups is 2. The average molecular weight is 437 g/mol. The highest BCUT2D eigenvalue weighted by Gasteiger charge is 2.19. The molecule has 1 N–H and O–H groups in total. The van der Waals surface area contributed by atoms with Gasteiger partial charge >= 0.3 is 5.97 Å². The summed E-state index contributed by atoms with van der Waals surface area (Å²) in [4.78, 5) is 24.1. The van der Waals surface area contributed by atoms with Crippen molar-refractivity contribution >= 4 is 56.6 Å². The number of esters is 1. The van der Waals surface area contributed by atoms with E-state index in [0.29, 0.717) is 0 Å². The lowest BCUT2D eigenvalue weighted by atomic mass is 10.1. The van der Waals surface area contributed by atoms with Crippen LogP contribution < -0.4 is 4.72 Å². The van der Waals surface area contributed by atoms with Gasteiger partial charge in [-0.3, -0.25) is 4.79 Å². The molecule has 2 rings (SSSR count). The van der Waals surface area contributed by atoms with Gasteiger partial charge in [-0.05, 0) is 43.4 Å². The van der Waals surface area contributed by atoms with Crippen LogP contribution in [0.5, 0.6) is 0 Å². The van der Waals surface area contributed by atoms with E-state index in [4.69, 9.17) is 39.5 Å². The first-order valence-corrected chi connectivity index (χ1v) is 9.66. The number of ketones is 1. The molecule has 0 aliphatic rings. The van der Waals surface area contributed by atoms with Crippen LogP contribution in [0.4, 0.5) is 0 Å². The molecule has 0 aromatic heterocycles. The van der Waals surface area contributed by atoms with Gasteiger partial charge in [0.2, 0.25) is 10.0 Å². The fraction of sp³-hybridized carbons (Fsp3) is 0.125. The van der Waals surface area contributed by atoms with Gasteiger partial charge in [-0.2, -0.15) is 0 Å². The molecule has 0 saturated heterocycles. The molecule has 6 nitrogen and oxygen atoms in total. The zero-order chi connectivity index (χ0) is 19.5. The highest BCUT2D eigenvalue weighted by atomic mass is 35.5. The summed E-state index contributed by atoms with van der Waals surface area (Å²) in [5, 5.41) is 0.471. The number of carbonyl (C=O) groups excluding carboxylic acids is 2. The number of rotatable bonds is 6. The van der Waals surface area contributed by atoms with Crippen LogP contribution in [-0.4, -0.2) is 33.8 Å². The summed E-state index contributed by atoms with van der Waals surface area (Å²) >= 11 is 17.5. The Labute approximate surface area is 165 Å². The van der Waals surface area contributed by atoms with Gasteiger partial charge in [0, 0.05) is 5.56 Å². The molecule has 2 aromatic carbocycles. The summed E-state index contributed by atoms with van der Waals surface area (Å²) < 4.78 is 30.7. The molecule has 26 heavy (non-hydrogen) atoms. The number of benzene rings is 2. The summed E-state index contributed by atoms with van der Waals surface area (Å²) in [6, 6.07) is 7.81. The number of ether oxygens (including phenoxy) is 1. The maximum Gasteiger partial charge on any atom is 0.340 e. The van der Waals surface area contributed by atoms with E-state index in [2.05, 4.69) is 4.72 Å². The summed E-state index contributed by atoms with van der Waals surface area (Å²) in [7, 11) is -2.53. The summed E-state index contributed by atoms with van der Waals surface area (Å²) in [6.07, 6.45) is 0. The highest BCUT2D eigenvalue weighted by molar-refractivity contribution is 7.89. The molecular weight excluding hydrogens is 425 g/mol. The molecule has 0 bridgehead atoms. The Morgan fingerprint density at radius 3 is 2.27 bits per heavy atom. The minimum Gasteiger partial charge on any atom is -0.454 e. The predicted molar refractivity (Wildman–Crippen MR) is 98.8 cm³/mol. The molecule has 0 spiro atoms. The third-order valence-corrected chi connectivity index (χ3v) is 5.79. The molecule has 0 aliphatic heterocycles. The zero-order valence-electron chi connectivity index (χ0n) is 13.3. The van der Waals surface area contributed by atoms with Gasteiger partial charge < -0.3 is 4.74 Å². The van der Waals surface area contributed by atoms with E-state index in [0.717, 1.165) is 6.07 Å². The van der Waals surface area contributed by atoms with Crippen LogP contribution in [-0.2, 0) is 14.8 Å². The minimum atomic E-state index is -3.76. The fourth-order valence-corrected chi connectivity index (χ4v) is 3.16. The van der Waals surface area contributed by atoms with Crippen LogP contribution >= 0.6 is 34.8 Å². The maximum absolute atomic E-state index is 12.2. The van der Waals surface area contributed by atoms with Crippen LogP contribution in [0.3, 0.4) is 0 Å². The van der Waals surface area contributed by atoms with Gasteiger partial charge in [-0.1, -0.05) is 34.8 Å². The normalized spacial score (nSPS) is 11.2. The molecule has 0 amide bonds. The van der Waals surface area contributed by atoms with Crippen molar-refractivity contribution in [3.05, 3.63) is 62.6 Å². The first-order valence-electron chi connectivity index (χ1n) is 7.04. The van der Waals surface area contributed by atoms with Crippen molar-refractivity contribution in [2.45, 2.75) is 4.90 Å². The largest absolute Gasteiger partial charge is 0.454 e. The quantitative estimate of drug-likeness (QED) is 0.552. The topological polar surface area (TPSA) is 89.5 Å². The Balaban J connectivity index is 2.16. The molecule has 10 heteroatoms. The lowest BCUT2D eigenvalue weighted by Gasteiger charge is -2.09. The van der Waals surface area contributed by atoms with Crippen LogP contribution in [0.15, 0.2) is 41.3 Å². The first-order chi connectivity index (χ1) is 12.2. The molecule has 2 aromatic rings. The number of Topliss-reactive ketones (excluding diaryl/α,β-unsaturated/α-hetero) is 1. The third-order valence-electron chi connectivity index (χ3n) is 3.31. The van der Waals surface area contributed by atoms with Gasteiger partial charge in [0.15, 0.2) is 12.4 Å². The van der Waals surface area contributed by atoms with Gasteiger partial charge in [0.1, 0.15) is 0 Å². The van der Waals surface area contributed by atoms with Crippen LogP contribution in [0.1, 0.15) is 20.7 Å². The van der Waals surface area contributed by atoms with Crippen molar-refractivity contribution in [1.82, 2.24) is 4.72 Å². The smallest absolute Gasteiger partial charge is 0.340 e. The van der Waals surface area contributed by atoms with Crippen molar-refractivity contribution in [3.63, 3.8) is 0 Å². The Morgan fingerprint density at radius 1 is 1.00 bits per heavy atom. The maximum atomic E-state index is 12.2. The summed E-state index contributed by atoms with van der Waals surface area (Å²) in [5.41, 5.74) is 0.0368. The van der Waals surface area contributed by atoms with Gasteiger partial charge in [-0.25, -0.2) is 17.9 Å². The van der Waals surface area contributed by atoms with E-state index in [9.17, 15) is 18.0 Å². The number of halogens is 3. The number of sulfonamides is 1. The van der Waals surface area contributed by atoms with Crippen LogP contribution in [0.25, 0.3) is 0 Å². The second-order valence-electron chi connectivity index (χ2n) is 4.98. The molecule has 0 aliphatic carbocycles. The molecule has 138 valence electrons. The van der Waals surface area contributed by atoms with E-state index in [-0.39, 0.29) is 31.1 Å². The summed E-state index contributed by atoms with van der Waals surface area (Å²) in [6.45, 7) is -0.573. The molecular formula is C16H12Cl3NO5S. The predicted octanol–water partition coefficient (Wildman–Crippen LogP) is 3.59. The summed E-state index contributed by atoms with van der Waals surface area (Å²) in [5.74, 6) is -1.44. The molecule has 0 saturated carbocycles. The van der Waals surface area contributed by atoms with Gasteiger partial charge in [0.05, 0.1) is 25.5 Å². The Bertz CT molecular complexity index is 976. The molecule has 0 unspecified atom stereocenters. The van der Waals surface area contributed by atoms with E-state index in [1.54, 1.807) is 0 Å². The number of hydrogen-bond donors (Lipinski definition) is 1.